The molecule has 0 aromatic heterocycles. The van der Waals surface area contributed by atoms with Gasteiger partial charge < -0.3 is 33.7 Å². The van der Waals surface area contributed by atoms with E-state index in [1.807, 2.05) is 6.07 Å². The van der Waals surface area contributed by atoms with Crippen molar-refractivity contribution in [3.63, 3.8) is 0 Å². The van der Waals surface area contributed by atoms with E-state index in [0.29, 0.717) is 5.56 Å². The number of fused-ring (bicyclic) bond motifs is 1. The van der Waals surface area contributed by atoms with Crippen molar-refractivity contribution in [2.24, 2.45) is 0 Å². The number of alkyl halides is 6. The molecule has 2 aliphatic heterocycles. The van der Waals surface area contributed by atoms with E-state index in [1.54, 1.807) is 24.3 Å². The second-order valence-corrected chi connectivity index (χ2v) is 12.4. The molecule has 2 saturated heterocycles. The molecule has 2 fully saturated rings. The van der Waals surface area contributed by atoms with Gasteiger partial charge in [0.1, 0.15) is 24.9 Å². The van der Waals surface area contributed by atoms with Crippen LogP contribution in [0.15, 0.2) is 30.3 Å². The Balaban J connectivity index is 1.89. The Kier molecular flexibility index (Phi) is 10.1. The molecule has 10 nitrogen and oxygen atoms in total. The second kappa shape index (κ2) is 12.3. The predicted molar refractivity (Wildman–Crippen MR) is 132 cm³/mol. The number of esters is 1. The van der Waals surface area contributed by atoms with Crippen LogP contribution in [0.3, 0.4) is 0 Å². The van der Waals surface area contributed by atoms with E-state index in [1.165, 1.54) is 0 Å². The largest absolute Gasteiger partial charge is 0.457 e. The maximum Gasteiger partial charge on any atom is 0.407 e. The Morgan fingerprint density at radius 1 is 1.08 bits per heavy atom. The van der Waals surface area contributed by atoms with Crippen LogP contribution in [0.2, 0.25) is 0 Å². The Labute approximate surface area is 236 Å². The average Bonchev–Trinajstić information content (AvgIpc) is 2.78. The fourth-order valence-electron chi connectivity index (χ4n) is 3.44. The number of hydrogen-bond donors (Lipinski definition) is 2. The number of nitrogens with one attached hydrogen (secondary N) is 2. The molecule has 0 bridgehead atoms. The number of benzene rings is 1. The van der Waals surface area contributed by atoms with Crippen LogP contribution in [0.4, 0.5) is 4.79 Å². The lowest BCUT2D eigenvalue weighted by Gasteiger charge is -2.48. The highest BCUT2D eigenvalue weighted by Gasteiger charge is 2.54. The molecule has 3 rings (SSSR count). The molecule has 200 valence electrons. The van der Waals surface area contributed by atoms with E-state index in [2.05, 4.69) is 5.32 Å². The quantitative estimate of drug-likeness (QED) is 0.210. The van der Waals surface area contributed by atoms with Crippen LogP contribution in [-0.2, 0) is 33.2 Å². The zero-order chi connectivity index (χ0) is 26.7. The molecule has 0 unspecified atom stereocenters. The molecule has 16 heteroatoms. The predicted octanol–water partition coefficient (Wildman–Crippen LogP) is 4.59. The summed E-state index contributed by atoms with van der Waals surface area (Å²) in [7, 11) is 0. The molecule has 1 amide bonds. The number of halogens is 6. The number of hydrogen-bond acceptors (Lipinski definition) is 9. The summed E-state index contributed by atoms with van der Waals surface area (Å²) in [5, 5.41) is 10.4. The van der Waals surface area contributed by atoms with Gasteiger partial charge in [0.2, 0.25) is 16.0 Å². The highest BCUT2D eigenvalue weighted by Crippen LogP contribution is 2.37. The smallest absolute Gasteiger partial charge is 0.407 e. The van der Waals surface area contributed by atoms with Crippen LogP contribution >= 0.6 is 69.6 Å². The van der Waals surface area contributed by atoms with Crippen LogP contribution in [0, 0.1) is 5.41 Å². The van der Waals surface area contributed by atoms with Crippen molar-refractivity contribution in [1.29, 1.82) is 5.41 Å². The van der Waals surface area contributed by atoms with E-state index in [9.17, 15) is 9.59 Å². The third-order valence-corrected chi connectivity index (χ3v) is 5.70. The zero-order valence-corrected chi connectivity index (χ0v) is 22.8. The van der Waals surface area contributed by atoms with E-state index < -0.39 is 69.1 Å². The minimum Gasteiger partial charge on any atom is -0.457 e. The Hall–Kier alpha value is -0.950. The highest BCUT2D eigenvalue weighted by atomic mass is 35.6. The van der Waals surface area contributed by atoms with Crippen LogP contribution in [-0.4, -0.2) is 69.4 Å². The molecule has 1 aromatic rings. The van der Waals surface area contributed by atoms with E-state index in [0.717, 1.165) is 6.92 Å². The summed E-state index contributed by atoms with van der Waals surface area (Å²) in [6.07, 6.45) is -6.44. The summed E-state index contributed by atoms with van der Waals surface area (Å²) in [4.78, 5) is 24.5. The first-order valence-electron chi connectivity index (χ1n) is 10.2. The van der Waals surface area contributed by atoms with Gasteiger partial charge in [-0.15, -0.1) is 0 Å². The molecule has 1 aromatic carbocycles. The van der Waals surface area contributed by atoms with Gasteiger partial charge in [0.05, 0.1) is 6.61 Å². The minimum atomic E-state index is -2.25. The number of rotatable bonds is 5. The number of ether oxygens (including phenoxy) is 6. The van der Waals surface area contributed by atoms with Gasteiger partial charge in [-0.25, -0.2) is 4.79 Å². The number of carbonyl (C=O) groups excluding carboxylic acids is 2. The molecule has 2 aliphatic rings. The first-order chi connectivity index (χ1) is 16.7. The van der Waals surface area contributed by atoms with Gasteiger partial charge in [-0.2, -0.15) is 0 Å². The SMILES string of the molecule is CC(=O)O[C@@H]1[C@@H](NC(=O)OCC(Cl)(Cl)Cl)[C@@H](OC(=N)C(Cl)(Cl)Cl)O[C@@H]2CO[C@@H](c3ccccc3)O[C@@H]12. The van der Waals surface area contributed by atoms with E-state index >= 15 is 0 Å². The van der Waals surface area contributed by atoms with Crippen molar-refractivity contribution >= 4 is 87.6 Å². The molecule has 36 heavy (non-hydrogen) atoms. The molecule has 0 spiro atoms. The number of amides is 1. The van der Waals surface area contributed by atoms with Gasteiger partial charge >= 0.3 is 12.1 Å². The van der Waals surface area contributed by atoms with Crippen molar-refractivity contribution in [2.45, 2.75) is 51.4 Å². The van der Waals surface area contributed by atoms with Crippen molar-refractivity contribution in [3.05, 3.63) is 35.9 Å². The van der Waals surface area contributed by atoms with Gasteiger partial charge in [0.25, 0.3) is 3.79 Å². The fourth-order valence-corrected chi connectivity index (χ4v) is 3.74. The summed E-state index contributed by atoms with van der Waals surface area (Å²) in [5.74, 6) is -1.53. The summed E-state index contributed by atoms with van der Waals surface area (Å²) >= 11 is 34.1. The number of alkyl carbamates (subject to hydrolysis) is 1. The molecule has 2 N–H and O–H groups in total. The first-order valence-corrected chi connectivity index (χ1v) is 12.5. The maximum atomic E-state index is 12.5. The van der Waals surface area contributed by atoms with Crippen molar-refractivity contribution in [3.8, 4) is 0 Å². The van der Waals surface area contributed by atoms with Gasteiger partial charge in [-0.05, 0) is 0 Å². The summed E-state index contributed by atoms with van der Waals surface area (Å²) in [6, 6.07) is 7.67. The summed E-state index contributed by atoms with van der Waals surface area (Å²) in [6.45, 7) is 0.542. The van der Waals surface area contributed by atoms with Crippen LogP contribution < -0.4 is 5.32 Å². The molecular weight excluding hydrogens is 609 g/mol. The monoisotopic (exact) mass is 626 g/mol. The number of carbonyl (C=O) groups is 2. The Bertz CT molecular complexity index is 944. The minimum absolute atomic E-state index is 0.0205. The van der Waals surface area contributed by atoms with Gasteiger partial charge in [0.15, 0.2) is 12.4 Å². The molecule has 2 heterocycles. The molecular formula is C20H20Cl6N2O8. The second-order valence-electron chi connectivity index (χ2n) is 7.60. The fraction of sp³-hybridized carbons (Fsp3) is 0.550. The molecule has 0 radical (unpaired) electrons. The van der Waals surface area contributed by atoms with Crippen molar-refractivity contribution in [1.82, 2.24) is 5.32 Å². The van der Waals surface area contributed by atoms with Crippen LogP contribution in [0.25, 0.3) is 0 Å². The van der Waals surface area contributed by atoms with Crippen LogP contribution in [0.5, 0.6) is 0 Å². The standard InChI is InChI=1S/C20H20Cl6N2O8/c1-9(29)33-14-12(28-18(30)32-8-19(21,22)23)16(36-17(27)20(24,25)26)34-11-7-31-15(35-13(11)14)10-5-3-2-4-6-10/h2-6,11-16,27H,7-8H2,1H3,(H,28,30)/t11-,12-,13-,14-,15-,16-/m1/s1. The molecule has 0 saturated carbocycles. The maximum absolute atomic E-state index is 12.5. The Morgan fingerprint density at radius 2 is 1.75 bits per heavy atom. The summed E-state index contributed by atoms with van der Waals surface area (Å²) < 4.78 is 29.4. The lowest BCUT2D eigenvalue weighted by Crippen LogP contribution is -2.68. The third kappa shape index (κ3) is 8.28. The highest BCUT2D eigenvalue weighted by molar-refractivity contribution is 6.76. The lowest BCUT2D eigenvalue weighted by molar-refractivity contribution is -0.336. The lowest BCUT2D eigenvalue weighted by atomic mass is 9.95. The van der Waals surface area contributed by atoms with E-state index in [4.69, 9.17) is 103 Å². The molecule has 6 atom stereocenters. The average molecular weight is 629 g/mol. The first kappa shape index (κ1) is 29.6. The summed E-state index contributed by atoms with van der Waals surface area (Å²) in [5.41, 5.74) is 0.695. The van der Waals surface area contributed by atoms with Crippen molar-refractivity contribution < 1.29 is 38.0 Å². The normalized spacial score (nSPS) is 28.4. The van der Waals surface area contributed by atoms with Gasteiger partial charge in [-0.1, -0.05) is 99.9 Å². The van der Waals surface area contributed by atoms with Gasteiger partial charge in [-0.3, -0.25) is 10.2 Å². The van der Waals surface area contributed by atoms with E-state index in [-0.39, 0.29) is 6.61 Å². The Morgan fingerprint density at radius 3 is 2.33 bits per heavy atom. The topological polar surface area (TPSA) is 125 Å². The third-order valence-electron chi connectivity index (χ3n) is 4.86. The van der Waals surface area contributed by atoms with Crippen molar-refractivity contribution in [2.75, 3.05) is 13.2 Å². The van der Waals surface area contributed by atoms with Crippen LogP contribution in [0.1, 0.15) is 18.8 Å². The van der Waals surface area contributed by atoms with Gasteiger partial charge in [0, 0.05) is 12.5 Å². The zero-order valence-electron chi connectivity index (χ0n) is 18.3. The molecule has 0 aliphatic carbocycles.